The SMILES string of the molecule is Cc1cc(C(=O)N[C@@H](C(=O)O)[C@H]2CN3CCC2CC3)ccc1-c1ccc(NC(=O)[C@H](C(=O)O)[C@@H]2CN3CCC2CC3)cc1. The number of fused-ring (bicyclic) bond motifs is 6. The highest BCUT2D eigenvalue weighted by atomic mass is 16.4. The maximum absolute atomic E-state index is 13.1. The van der Waals surface area contributed by atoms with Gasteiger partial charge in [0.2, 0.25) is 5.91 Å². The lowest BCUT2D eigenvalue weighted by Crippen LogP contribution is -2.57. The van der Waals surface area contributed by atoms with E-state index in [1.54, 1.807) is 24.3 Å². The first-order chi connectivity index (χ1) is 20.7. The van der Waals surface area contributed by atoms with Gasteiger partial charge in [-0.3, -0.25) is 14.4 Å². The van der Waals surface area contributed by atoms with E-state index in [0.29, 0.717) is 30.3 Å². The fraction of sp³-hybridized carbons (Fsp3) is 0.515. The van der Waals surface area contributed by atoms with Gasteiger partial charge in [-0.25, -0.2) is 4.79 Å². The van der Waals surface area contributed by atoms with Crippen molar-refractivity contribution in [3.8, 4) is 11.1 Å². The molecule has 6 saturated heterocycles. The smallest absolute Gasteiger partial charge is 0.326 e. The predicted molar refractivity (Wildman–Crippen MR) is 161 cm³/mol. The molecule has 10 heteroatoms. The van der Waals surface area contributed by atoms with Gasteiger partial charge in [0.05, 0.1) is 0 Å². The van der Waals surface area contributed by atoms with E-state index in [-0.39, 0.29) is 17.8 Å². The molecule has 4 atom stereocenters. The van der Waals surface area contributed by atoms with Gasteiger partial charge in [-0.2, -0.15) is 0 Å². The highest BCUT2D eigenvalue weighted by molar-refractivity contribution is 6.04. The Morgan fingerprint density at radius 2 is 1.37 bits per heavy atom. The molecule has 10 nitrogen and oxygen atoms in total. The lowest BCUT2D eigenvalue weighted by Gasteiger charge is -2.46. The van der Waals surface area contributed by atoms with E-state index < -0.39 is 35.7 Å². The van der Waals surface area contributed by atoms with Crippen molar-refractivity contribution in [3.63, 3.8) is 0 Å². The number of carbonyl (C=O) groups is 4. The standard InChI is InChI=1S/C33H40N4O6/c1-19-16-23(30(38)35-29(33(42)43)27-18-37-14-10-22(27)11-15-37)4-7-25(19)20-2-5-24(6-3-20)34-31(39)28(32(40)41)26-17-36-12-8-21(26)9-13-36/h2-7,16,21-22,26-29H,8-15,17-18H2,1H3,(H,34,39)(H,35,38)(H,40,41)(H,42,43)/t26-,27+,28-,29-/m1/s1. The maximum atomic E-state index is 13.1. The first-order valence-corrected chi connectivity index (χ1v) is 15.4. The van der Waals surface area contributed by atoms with Crippen molar-refractivity contribution in [2.45, 2.75) is 38.6 Å². The van der Waals surface area contributed by atoms with E-state index in [1.165, 1.54) is 0 Å². The van der Waals surface area contributed by atoms with Crippen molar-refractivity contribution >= 4 is 29.4 Å². The number of nitrogens with zero attached hydrogens (tertiary/aromatic N) is 2. The van der Waals surface area contributed by atoms with E-state index in [2.05, 4.69) is 20.4 Å². The number of anilines is 1. The quantitative estimate of drug-likeness (QED) is 0.328. The molecule has 228 valence electrons. The van der Waals surface area contributed by atoms with Crippen LogP contribution in [0, 0.1) is 36.5 Å². The second-order valence-corrected chi connectivity index (χ2v) is 12.8. The van der Waals surface area contributed by atoms with Crippen LogP contribution in [0.4, 0.5) is 5.69 Å². The van der Waals surface area contributed by atoms with Gasteiger partial charge in [-0.15, -0.1) is 0 Å². The second-order valence-electron chi connectivity index (χ2n) is 12.8. The molecule has 2 aromatic carbocycles. The molecule has 0 saturated carbocycles. The molecule has 6 aliphatic heterocycles. The molecule has 2 amide bonds. The fourth-order valence-corrected chi connectivity index (χ4v) is 7.93. The highest BCUT2D eigenvalue weighted by Gasteiger charge is 2.45. The summed E-state index contributed by atoms with van der Waals surface area (Å²) in [5.74, 6) is -3.72. The molecule has 0 spiro atoms. The minimum Gasteiger partial charge on any atom is -0.481 e. The Hall–Kier alpha value is -3.76. The molecule has 2 aromatic rings. The van der Waals surface area contributed by atoms with Gasteiger partial charge in [-0.05, 0) is 117 Å². The number of carboxylic acids is 2. The maximum Gasteiger partial charge on any atom is 0.326 e. The summed E-state index contributed by atoms with van der Waals surface area (Å²) in [6.07, 6.45) is 3.83. The largest absolute Gasteiger partial charge is 0.481 e. The molecule has 6 heterocycles. The van der Waals surface area contributed by atoms with Gasteiger partial charge in [0.1, 0.15) is 12.0 Å². The number of aliphatic carboxylic acids is 2. The summed E-state index contributed by atoms with van der Waals surface area (Å²) in [6, 6.07) is 11.6. The Morgan fingerprint density at radius 1 is 0.791 bits per heavy atom. The number of rotatable bonds is 9. The summed E-state index contributed by atoms with van der Waals surface area (Å²) in [5, 5.41) is 25.5. The van der Waals surface area contributed by atoms with Crippen molar-refractivity contribution in [1.82, 2.24) is 15.1 Å². The number of amides is 2. The van der Waals surface area contributed by atoms with Crippen molar-refractivity contribution in [2.24, 2.45) is 29.6 Å². The molecule has 0 aromatic heterocycles. The number of nitrogens with one attached hydrogen (secondary N) is 2. The topological polar surface area (TPSA) is 139 Å². The van der Waals surface area contributed by atoms with Crippen LogP contribution in [0.1, 0.15) is 41.6 Å². The summed E-state index contributed by atoms with van der Waals surface area (Å²) < 4.78 is 0. The monoisotopic (exact) mass is 588 g/mol. The third-order valence-electron chi connectivity index (χ3n) is 10.3. The van der Waals surface area contributed by atoms with Crippen LogP contribution >= 0.6 is 0 Å². The number of benzene rings is 2. The number of hydrogen-bond donors (Lipinski definition) is 4. The first-order valence-electron chi connectivity index (χ1n) is 15.4. The van der Waals surface area contributed by atoms with E-state index in [4.69, 9.17) is 0 Å². The molecule has 8 rings (SSSR count). The van der Waals surface area contributed by atoms with Crippen LogP contribution in [0.3, 0.4) is 0 Å². The van der Waals surface area contributed by atoms with Gasteiger partial charge in [-0.1, -0.05) is 18.2 Å². The number of aryl methyl sites for hydroxylation is 1. The van der Waals surface area contributed by atoms with Crippen molar-refractivity contribution in [2.75, 3.05) is 44.6 Å². The zero-order valence-electron chi connectivity index (χ0n) is 24.5. The van der Waals surface area contributed by atoms with Gasteiger partial charge in [0, 0.05) is 30.3 Å². The zero-order valence-corrected chi connectivity index (χ0v) is 24.5. The number of carbonyl (C=O) groups excluding carboxylic acids is 2. The van der Waals surface area contributed by atoms with Crippen LogP contribution in [0.2, 0.25) is 0 Å². The number of carboxylic acid groups (broad SMARTS) is 2. The molecule has 6 aliphatic rings. The van der Waals surface area contributed by atoms with Crippen molar-refractivity contribution in [1.29, 1.82) is 0 Å². The summed E-state index contributed by atoms with van der Waals surface area (Å²) in [4.78, 5) is 55.0. The third-order valence-corrected chi connectivity index (χ3v) is 10.3. The van der Waals surface area contributed by atoms with E-state index in [0.717, 1.165) is 68.6 Å². The lowest BCUT2D eigenvalue weighted by atomic mass is 9.72. The first kappa shape index (κ1) is 29.3. The Bertz CT molecular complexity index is 1390. The van der Waals surface area contributed by atoms with Gasteiger partial charge in [0.15, 0.2) is 0 Å². The average molecular weight is 589 g/mol. The Labute approximate surface area is 251 Å². The van der Waals surface area contributed by atoms with Crippen LogP contribution in [0.5, 0.6) is 0 Å². The van der Waals surface area contributed by atoms with Gasteiger partial charge >= 0.3 is 11.9 Å². The van der Waals surface area contributed by atoms with Crippen LogP contribution in [-0.2, 0) is 14.4 Å². The average Bonchev–Trinajstić information content (AvgIpc) is 3.01. The second kappa shape index (κ2) is 12.1. The molecule has 0 unspecified atom stereocenters. The minimum atomic E-state index is -1.08. The van der Waals surface area contributed by atoms with Gasteiger partial charge < -0.3 is 30.6 Å². The molecule has 4 N–H and O–H groups in total. The van der Waals surface area contributed by atoms with Crippen molar-refractivity contribution in [3.05, 3.63) is 53.6 Å². The molecule has 6 fully saturated rings. The Balaban J connectivity index is 1.11. The van der Waals surface area contributed by atoms with Crippen LogP contribution in [-0.4, -0.2) is 89.1 Å². The summed E-state index contributed by atoms with van der Waals surface area (Å²) in [5.41, 5.74) is 3.57. The number of piperidine rings is 6. The molecular formula is C33H40N4O6. The third kappa shape index (κ3) is 6.03. The van der Waals surface area contributed by atoms with Crippen LogP contribution in [0.15, 0.2) is 42.5 Å². The predicted octanol–water partition coefficient (Wildman–Crippen LogP) is 3.17. The summed E-state index contributed by atoms with van der Waals surface area (Å²) >= 11 is 0. The van der Waals surface area contributed by atoms with E-state index in [9.17, 15) is 29.4 Å². The zero-order chi connectivity index (χ0) is 30.2. The summed E-state index contributed by atoms with van der Waals surface area (Å²) in [6.45, 7) is 7.20. The van der Waals surface area contributed by atoms with E-state index >= 15 is 0 Å². The molecule has 43 heavy (non-hydrogen) atoms. The molecular weight excluding hydrogens is 548 g/mol. The summed E-state index contributed by atoms with van der Waals surface area (Å²) in [7, 11) is 0. The van der Waals surface area contributed by atoms with Crippen LogP contribution in [0.25, 0.3) is 11.1 Å². The van der Waals surface area contributed by atoms with E-state index in [1.807, 2.05) is 25.1 Å². The van der Waals surface area contributed by atoms with Gasteiger partial charge in [0.25, 0.3) is 5.91 Å². The Kier molecular flexibility index (Phi) is 8.24. The number of hydrogen-bond acceptors (Lipinski definition) is 6. The Morgan fingerprint density at radius 3 is 1.86 bits per heavy atom. The van der Waals surface area contributed by atoms with Crippen LogP contribution < -0.4 is 10.6 Å². The molecule has 0 aliphatic carbocycles. The highest BCUT2D eigenvalue weighted by Crippen LogP contribution is 2.38. The lowest BCUT2D eigenvalue weighted by molar-refractivity contribution is -0.151. The minimum absolute atomic E-state index is 0.0929. The molecule has 4 bridgehead atoms. The fourth-order valence-electron chi connectivity index (χ4n) is 7.93. The van der Waals surface area contributed by atoms with Crippen molar-refractivity contribution < 1.29 is 29.4 Å². The molecule has 0 radical (unpaired) electrons. The normalized spacial score (nSPS) is 29.0.